The van der Waals surface area contributed by atoms with E-state index in [0.717, 1.165) is 7.11 Å². The summed E-state index contributed by atoms with van der Waals surface area (Å²) in [6, 6.07) is -1.96. The second kappa shape index (κ2) is 9.12. The van der Waals surface area contributed by atoms with Crippen molar-refractivity contribution in [2.75, 3.05) is 13.7 Å². The normalized spacial score (nSPS) is 28.8. The van der Waals surface area contributed by atoms with Crippen molar-refractivity contribution >= 4 is 17.8 Å². The monoisotopic (exact) mass is 412 g/mol. The molecular weight excluding hydrogens is 388 g/mol. The molecule has 12 heteroatoms. The van der Waals surface area contributed by atoms with Gasteiger partial charge in [-0.05, 0) is 25.5 Å². The van der Waals surface area contributed by atoms with Crippen LogP contribution in [-0.2, 0) is 38.1 Å². The van der Waals surface area contributed by atoms with Crippen LogP contribution in [0.5, 0.6) is 0 Å². The van der Waals surface area contributed by atoms with Crippen LogP contribution in [0.25, 0.3) is 10.4 Å². The highest BCUT2D eigenvalue weighted by atomic mass is 16.8. The summed E-state index contributed by atoms with van der Waals surface area (Å²) in [4.78, 5) is 38.4. The maximum absolute atomic E-state index is 12.1. The van der Waals surface area contributed by atoms with Gasteiger partial charge in [-0.2, -0.15) is 0 Å². The number of amides is 1. The van der Waals surface area contributed by atoms with Gasteiger partial charge in [-0.15, -0.1) is 0 Å². The molecule has 2 heterocycles. The van der Waals surface area contributed by atoms with Crippen LogP contribution in [0, 0.1) is 0 Å². The third-order valence-electron chi connectivity index (χ3n) is 4.27. The van der Waals surface area contributed by atoms with Crippen LogP contribution in [0.1, 0.15) is 27.7 Å². The lowest BCUT2D eigenvalue weighted by Gasteiger charge is -2.40. The first-order chi connectivity index (χ1) is 13.6. The van der Waals surface area contributed by atoms with Crippen molar-refractivity contribution < 1.29 is 38.1 Å². The fraction of sp³-hybridized carbons (Fsp3) is 0.706. The third kappa shape index (κ3) is 5.59. The van der Waals surface area contributed by atoms with Gasteiger partial charge in [0, 0.05) is 18.8 Å². The molecule has 0 aromatic carbocycles. The fourth-order valence-electron chi connectivity index (χ4n) is 3.19. The molecule has 0 saturated carbocycles. The van der Waals surface area contributed by atoms with Gasteiger partial charge in [0.15, 0.2) is 18.0 Å². The lowest BCUT2D eigenvalue weighted by molar-refractivity contribution is -0.187. The van der Waals surface area contributed by atoms with Crippen LogP contribution in [0.4, 0.5) is 0 Å². The molecule has 0 aliphatic carbocycles. The molecule has 0 aromatic rings. The van der Waals surface area contributed by atoms with E-state index < -0.39 is 54.0 Å². The van der Waals surface area contributed by atoms with E-state index in [1.54, 1.807) is 13.8 Å². The minimum absolute atomic E-state index is 0.0705. The standard InChI is InChI=1S/C17H24N4O8/c1-8(22)19-13-10(20-21-18)6-11(16(24)25-5)28-15(13)14(27-9(2)23)12-7-26-17(3,4)29-12/h6,10,12-15H,7H2,1-5H3,(H,19,22)/t10-,12+,13+,14+,15+/m0/s1. The summed E-state index contributed by atoms with van der Waals surface area (Å²) >= 11 is 0. The average molecular weight is 412 g/mol. The zero-order valence-corrected chi connectivity index (χ0v) is 16.8. The Hall–Kier alpha value is -2.82. The van der Waals surface area contributed by atoms with E-state index in [-0.39, 0.29) is 12.4 Å². The molecule has 2 aliphatic rings. The van der Waals surface area contributed by atoms with E-state index in [2.05, 4.69) is 20.1 Å². The van der Waals surface area contributed by atoms with Crippen LogP contribution in [0.15, 0.2) is 16.9 Å². The first-order valence-electron chi connectivity index (χ1n) is 8.85. The van der Waals surface area contributed by atoms with Gasteiger partial charge in [-0.1, -0.05) is 5.11 Å². The molecule has 0 aromatic heterocycles. The number of carbonyl (C=O) groups excluding carboxylic acids is 3. The summed E-state index contributed by atoms with van der Waals surface area (Å²) in [6.07, 6.45) is -1.74. The van der Waals surface area contributed by atoms with Crippen molar-refractivity contribution in [1.82, 2.24) is 5.32 Å². The minimum Gasteiger partial charge on any atom is -0.477 e. The second-order valence-corrected chi connectivity index (χ2v) is 6.97. The Balaban J connectivity index is 2.49. The Bertz CT molecular complexity index is 746. The van der Waals surface area contributed by atoms with Gasteiger partial charge in [0.1, 0.15) is 6.10 Å². The Kier molecular flexibility index (Phi) is 7.07. The molecule has 0 spiro atoms. The molecule has 1 saturated heterocycles. The van der Waals surface area contributed by atoms with Gasteiger partial charge in [0.05, 0.1) is 25.8 Å². The van der Waals surface area contributed by atoms with Gasteiger partial charge in [-0.25, -0.2) is 4.79 Å². The smallest absolute Gasteiger partial charge is 0.372 e. The Morgan fingerprint density at radius 2 is 2.07 bits per heavy atom. The summed E-state index contributed by atoms with van der Waals surface area (Å²) < 4.78 is 27.2. The highest BCUT2D eigenvalue weighted by Crippen LogP contribution is 2.32. The molecule has 0 bridgehead atoms. The Morgan fingerprint density at radius 3 is 2.55 bits per heavy atom. The zero-order valence-electron chi connectivity index (χ0n) is 16.8. The maximum Gasteiger partial charge on any atom is 0.372 e. The van der Waals surface area contributed by atoms with Crippen LogP contribution >= 0.6 is 0 Å². The number of ether oxygens (including phenoxy) is 5. The predicted molar refractivity (Wildman–Crippen MR) is 96.0 cm³/mol. The van der Waals surface area contributed by atoms with E-state index >= 15 is 0 Å². The Labute approximate surface area is 167 Å². The number of carbonyl (C=O) groups is 3. The summed E-state index contributed by atoms with van der Waals surface area (Å²) in [5, 5.41) is 6.27. The fourth-order valence-corrected chi connectivity index (χ4v) is 3.19. The van der Waals surface area contributed by atoms with Crippen molar-refractivity contribution in [1.29, 1.82) is 0 Å². The number of nitrogens with one attached hydrogen (secondary N) is 1. The van der Waals surface area contributed by atoms with Crippen molar-refractivity contribution in [3.05, 3.63) is 22.3 Å². The second-order valence-electron chi connectivity index (χ2n) is 6.97. The first-order valence-corrected chi connectivity index (χ1v) is 8.85. The third-order valence-corrected chi connectivity index (χ3v) is 4.27. The van der Waals surface area contributed by atoms with Crippen molar-refractivity contribution in [3.8, 4) is 0 Å². The van der Waals surface area contributed by atoms with Crippen molar-refractivity contribution in [2.45, 2.75) is 63.9 Å². The number of rotatable bonds is 6. The molecule has 1 N–H and O–H groups in total. The molecule has 29 heavy (non-hydrogen) atoms. The molecular formula is C17H24N4O8. The molecule has 2 rings (SSSR count). The molecule has 5 atom stereocenters. The summed E-state index contributed by atoms with van der Waals surface area (Å²) in [7, 11) is 1.16. The predicted octanol–water partition coefficient (Wildman–Crippen LogP) is 0.709. The molecule has 12 nitrogen and oxygen atoms in total. The zero-order chi connectivity index (χ0) is 21.8. The van der Waals surface area contributed by atoms with Crippen LogP contribution < -0.4 is 5.32 Å². The molecule has 1 amide bonds. The van der Waals surface area contributed by atoms with E-state index in [0.29, 0.717) is 0 Å². The highest BCUT2D eigenvalue weighted by Gasteiger charge is 2.50. The van der Waals surface area contributed by atoms with E-state index in [1.807, 2.05) is 0 Å². The minimum atomic E-state index is -1.13. The van der Waals surface area contributed by atoms with Crippen LogP contribution in [-0.4, -0.2) is 67.7 Å². The van der Waals surface area contributed by atoms with E-state index in [1.165, 1.54) is 19.9 Å². The number of esters is 2. The first kappa shape index (κ1) is 22.5. The van der Waals surface area contributed by atoms with Crippen LogP contribution in [0.2, 0.25) is 0 Å². The van der Waals surface area contributed by atoms with Gasteiger partial charge in [-0.3, -0.25) is 9.59 Å². The summed E-state index contributed by atoms with van der Waals surface area (Å²) in [6.45, 7) is 5.91. The molecule has 0 radical (unpaired) electrons. The quantitative estimate of drug-likeness (QED) is 0.289. The van der Waals surface area contributed by atoms with Crippen molar-refractivity contribution in [2.24, 2.45) is 5.11 Å². The number of hydrogen-bond acceptors (Lipinski definition) is 9. The summed E-state index contributed by atoms with van der Waals surface area (Å²) in [5.74, 6) is -3.08. The Morgan fingerprint density at radius 1 is 1.38 bits per heavy atom. The highest BCUT2D eigenvalue weighted by molar-refractivity contribution is 5.86. The SMILES string of the molecule is COC(=O)C1=C[C@H](N=[N+]=[N-])[C@@H](NC(C)=O)[C@H]([C@H](OC(C)=O)[C@H]2COC(C)(C)O2)O1. The van der Waals surface area contributed by atoms with Gasteiger partial charge in [0.2, 0.25) is 11.7 Å². The van der Waals surface area contributed by atoms with Crippen molar-refractivity contribution in [3.63, 3.8) is 0 Å². The topological polar surface area (TPSA) is 158 Å². The lowest BCUT2D eigenvalue weighted by Crippen LogP contribution is -2.60. The molecule has 2 aliphatic heterocycles. The number of azide groups is 1. The van der Waals surface area contributed by atoms with E-state index in [4.69, 9.17) is 24.5 Å². The lowest BCUT2D eigenvalue weighted by atomic mass is 9.92. The maximum atomic E-state index is 12.1. The van der Waals surface area contributed by atoms with Gasteiger partial charge in [0.25, 0.3) is 0 Å². The van der Waals surface area contributed by atoms with Gasteiger partial charge < -0.3 is 29.0 Å². The number of hydrogen-bond donors (Lipinski definition) is 1. The molecule has 160 valence electrons. The summed E-state index contributed by atoms with van der Waals surface area (Å²) in [5.41, 5.74) is 8.93. The average Bonchev–Trinajstić information content (AvgIpc) is 2.99. The van der Waals surface area contributed by atoms with Crippen LogP contribution in [0.3, 0.4) is 0 Å². The number of methoxy groups -OCH3 is 1. The largest absolute Gasteiger partial charge is 0.477 e. The van der Waals surface area contributed by atoms with E-state index in [9.17, 15) is 14.4 Å². The molecule has 1 fully saturated rings. The van der Waals surface area contributed by atoms with Gasteiger partial charge >= 0.3 is 11.9 Å². The molecule has 0 unspecified atom stereocenters. The number of nitrogens with zero attached hydrogens (tertiary/aromatic N) is 3.